The minimum atomic E-state index is 0.890. The van der Waals surface area contributed by atoms with Crippen molar-refractivity contribution in [2.24, 2.45) is 0 Å². The van der Waals surface area contributed by atoms with E-state index >= 15 is 0 Å². The molecule has 0 N–H and O–H groups in total. The average molecular weight is 673 g/mol. The molecule has 246 valence electrons. The molecule has 0 aliphatic carbocycles. The van der Waals surface area contributed by atoms with Crippen molar-refractivity contribution >= 4 is 65.0 Å². The minimum absolute atomic E-state index is 0.890. The Bertz CT molecular complexity index is 3220. The first kappa shape index (κ1) is 29.7. The van der Waals surface area contributed by atoms with Crippen LogP contribution in [0.25, 0.3) is 110 Å². The smallest absolute Gasteiger partial charge is 0.143 e. The second kappa shape index (κ2) is 11.8. The fourth-order valence-electron chi connectivity index (χ4n) is 8.30. The molecule has 0 aliphatic rings. The normalized spacial score (nSPS) is 11.8. The Hall–Kier alpha value is -6.96. The van der Waals surface area contributed by atoms with Gasteiger partial charge in [0.25, 0.3) is 0 Å². The number of rotatable bonds is 4. The van der Waals surface area contributed by atoms with E-state index in [0.29, 0.717) is 0 Å². The number of fused-ring (bicyclic) bond motifs is 8. The highest BCUT2D eigenvalue weighted by Crippen LogP contribution is 2.42. The zero-order valence-corrected chi connectivity index (χ0v) is 28.9. The molecule has 0 fully saturated rings. The molecule has 0 aliphatic heterocycles. The van der Waals surface area contributed by atoms with E-state index < -0.39 is 0 Å². The quantitative estimate of drug-likeness (QED) is 0.170. The number of furan rings is 1. The molecule has 1 nitrogen and oxygen atoms in total. The molecule has 0 saturated heterocycles. The zero-order chi connectivity index (χ0) is 34.9. The van der Waals surface area contributed by atoms with Crippen LogP contribution in [0.3, 0.4) is 0 Å². The number of hydrogen-bond acceptors (Lipinski definition) is 1. The molecule has 0 saturated carbocycles. The molecule has 53 heavy (non-hydrogen) atoms. The summed E-state index contributed by atoms with van der Waals surface area (Å²) in [5, 5.41) is 12.3. The summed E-state index contributed by atoms with van der Waals surface area (Å²) in [6.07, 6.45) is 0. The fraction of sp³-hybridized carbons (Fsp3) is 0. The maximum absolute atomic E-state index is 6.78. The molecule has 0 bridgehead atoms. The lowest BCUT2D eigenvalue weighted by molar-refractivity contribution is 0.670. The van der Waals surface area contributed by atoms with Crippen molar-refractivity contribution in [3.63, 3.8) is 0 Å². The largest absolute Gasteiger partial charge is 0.455 e. The van der Waals surface area contributed by atoms with Gasteiger partial charge in [0.2, 0.25) is 0 Å². The molecule has 1 aromatic heterocycles. The summed E-state index contributed by atoms with van der Waals surface area (Å²) >= 11 is 0. The molecule has 1 heteroatoms. The molecule has 0 unspecified atom stereocenters. The maximum Gasteiger partial charge on any atom is 0.143 e. The summed E-state index contributed by atoms with van der Waals surface area (Å²) in [6.45, 7) is 0. The first-order chi connectivity index (χ1) is 26.2. The summed E-state index contributed by atoms with van der Waals surface area (Å²) in [7, 11) is 0. The molecule has 0 radical (unpaired) electrons. The molecular formula is C52H32O. The van der Waals surface area contributed by atoms with E-state index in [-0.39, 0.29) is 0 Å². The second-order valence-electron chi connectivity index (χ2n) is 14.1. The number of hydrogen-bond donors (Lipinski definition) is 0. The highest BCUT2D eigenvalue weighted by molar-refractivity contribution is 6.15. The first-order valence-corrected chi connectivity index (χ1v) is 18.2. The number of benzene rings is 10. The van der Waals surface area contributed by atoms with Crippen molar-refractivity contribution in [1.82, 2.24) is 0 Å². The lowest BCUT2D eigenvalue weighted by Gasteiger charge is -2.12. The van der Waals surface area contributed by atoms with Crippen LogP contribution in [0.5, 0.6) is 0 Å². The van der Waals surface area contributed by atoms with E-state index in [1.165, 1.54) is 76.5 Å². The van der Waals surface area contributed by atoms with E-state index in [1.54, 1.807) is 0 Å². The lowest BCUT2D eigenvalue weighted by atomic mass is 9.91. The van der Waals surface area contributed by atoms with Crippen molar-refractivity contribution in [1.29, 1.82) is 0 Å². The van der Waals surface area contributed by atoms with Gasteiger partial charge in [-0.25, -0.2) is 0 Å². The predicted octanol–water partition coefficient (Wildman–Crippen LogP) is 14.9. The van der Waals surface area contributed by atoms with Gasteiger partial charge >= 0.3 is 0 Å². The maximum atomic E-state index is 6.78. The minimum Gasteiger partial charge on any atom is -0.455 e. The molecule has 0 atom stereocenters. The topological polar surface area (TPSA) is 13.1 Å². The van der Waals surface area contributed by atoms with Gasteiger partial charge in [0, 0.05) is 16.3 Å². The monoisotopic (exact) mass is 672 g/mol. The van der Waals surface area contributed by atoms with Crippen LogP contribution < -0.4 is 0 Å². The van der Waals surface area contributed by atoms with E-state index in [1.807, 2.05) is 0 Å². The van der Waals surface area contributed by atoms with Crippen LogP contribution in [0.15, 0.2) is 199 Å². The average Bonchev–Trinajstić information content (AvgIpc) is 3.61. The third kappa shape index (κ3) is 4.93. The summed E-state index contributed by atoms with van der Waals surface area (Å²) < 4.78 is 6.78. The van der Waals surface area contributed by atoms with E-state index in [9.17, 15) is 0 Å². The second-order valence-corrected chi connectivity index (χ2v) is 14.1. The third-order valence-electron chi connectivity index (χ3n) is 11.0. The molecule has 11 rings (SSSR count). The summed E-state index contributed by atoms with van der Waals surface area (Å²) in [6, 6.07) is 70.6. The van der Waals surface area contributed by atoms with Gasteiger partial charge in [0.1, 0.15) is 11.2 Å². The SMILES string of the molecule is c1ccc2cc(-c3ccc4oc5c(-c6ccc(-c7cc8ccccc8c8ccccc78)cc6)cc(-c6ccc7ccccc7c6)cc5c4c3)ccc2c1. The Morgan fingerprint density at radius 2 is 0.736 bits per heavy atom. The van der Waals surface area contributed by atoms with Crippen molar-refractivity contribution in [3.05, 3.63) is 194 Å². The Morgan fingerprint density at radius 3 is 1.43 bits per heavy atom. The van der Waals surface area contributed by atoms with Crippen LogP contribution in [-0.4, -0.2) is 0 Å². The Labute approximate surface area is 307 Å². The highest BCUT2D eigenvalue weighted by Gasteiger charge is 2.17. The molecular weight excluding hydrogens is 641 g/mol. The van der Waals surface area contributed by atoms with Crippen molar-refractivity contribution < 1.29 is 4.42 Å². The van der Waals surface area contributed by atoms with Crippen LogP contribution in [0.2, 0.25) is 0 Å². The van der Waals surface area contributed by atoms with Crippen LogP contribution in [0.4, 0.5) is 0 Å². The Morgan fingerprint density at radius 1 is 0.245 bits per heavy atom. The van der Waals surface area contributed by atoms with Gasteiger partial charge in [-0.05, 0) is 124 Å². The van der Waals surface area contributed by atoms with Crippen LogP contribution >= 0.6 is 0 Å². The van der Waals surface area contributed by atoms with Crippen LogP contribution in [0.1, 0.15) is 0 Å². The predicted molar refractivity (Wildman–Crippen MR) is 225 cm³/mol. The summed E-state index contributed by atoms with van der Waals surface area (Å²) in [5.74, 6) is 0. The van der Waals surface area contributed by atoms with Gasteiger partial charge < -0.3 is 4.42 Å². The summed E-state index contributed by atoms with van der Waals surface area (Å²) in [5.41, 5.74) is 11.2. The molecule has 0 amide bonds. The molecule has 0 spiro atoms. The van der Waals surface area contributed by atoms with Gasteiger partial charge in [0.15, 0.2) is 0 Å². The lowest BCUT2D eigenvalue weighted by Crippen LogP contribution is -1.87. The Balaban J connectivity index is 1.10. The van der Waals surface area contributed by atoms with Gasteiger partial charge in [-0.1, -0.05) is 152 Å². The molecule has 11 aromatic rings. The van der Waals surface area contributed by atoms with E-state index in [0.717, 1.165) is 33.1 Å². The first-order valence-electron chi connectivity index (χ1n) is 18.2. The van der Waals surface area contributed by atoms with Crippen LogP contribution in [-0.2, 0) is 0 Å². The van der Waals surface area contributed by atoms with E-state index in [2.05, 4.69) is 194 Å². The zero-order valence-electron chi connectivity index (χ0n) is 28.9. The highest BCUT2D eigenvalue weighted by atomic mass is 16.3. The van der Waals surface area contributed by atoms with E-state index in [4.69, 9.17) is 4.42 Å². The van der Waals surface area contributed by atoms with Crippen LogP contribution in [0, 0.1) is 0 Å². The van der Waals surface area contributed by atoms with Gasteiger partial charge in [-0.15, -0.1) is 0 Å². The fourth-order valence-corrected chi connectivity index (χ4v) is 8.30. The standard InChI is InChI=1S/C52H32O/c1-3-11-37-27-39(23-17-33(37)9-1)41-25-26-51-49(29-41)50-32-43(40-24-18-34-10-2-4-12-38(34)28-40)31-48(52(50)53-51)36-21-19-35(20-22-36)47-30-42-13-5-6-14-44(42)45-15-7-8-16-46(45)47/h1-32H. The summed E-state index contributed by atoms with van der Waals surface area (Å²) in [4.78, 5) is 0. The molecule has 1 heterocycles. The van der Waals surface area contributed by atoms with Gasteiger partial charge in [-0.2, -0.15) is 0 Å². The third-order valence-corrected chi connectivity index (χ3v) is 11.0. The van der Waals surface area contributed by atoms with Gasteiger partial charge in [-0.3, -0.25) is 0 Å². The Kier molecular flexibility index (Phi) is 6.62. The van der Waals surface area contributed by atoms with Crippen molar-refractivity contribution in [2.75, 3.05) is 0 Å². The van der Waals surface area contributed by atoms with Gasteiger partial charge in [0.05, 0.1) is 0 Å². The van der Waals surface area contributed by atoms with Crippen molar-refractivity contribution in [3.8, 4) is 44.5 Å². The van der Waals surface area contributed by atoms with Crippen molar-refractivity contribution in [2.45, 2.75) is 0 Å². The molecule has 10 aromatic carbocycles.